The van der Waals surface area contributed by atoms with Gasteiger partial charge in [-0.25, -0.2) is 8.42 Å². The van der Waals surface area contributed by atoms with Crippen molar-refractivity contribution in [3.63, 3.8) is 0 Å². The van der Waals surface area contributed by atoms with Crippen LogP contribution < -0.4 is 4.72 Å². The van der Waals surface area contributed by atoms with Gasteiger partial charge in [0.1, 0.15) is 4.90 Å². The van der Waals surface area contributed by atoms with E-state index < -0.39 is 10.0 Å². The van der Waals surface area contributed by atoms with Gasteiger partial charge in [0.05, 0.1) is 17.2 Å². The van der Waals surface area contributed by atoms with E-state index in [0.29, 0.717) is 20.6 Å². The lowest BCUT2D eigenvalue weighted by atomic mass is 10.2. The van der Waals surface area contributed by atoms with Crippen LogP contribution in [0.3, 0.4) is 0 Å². The fourth-order valence-electron chi connectivity index (χ4n) is 1.86. The van der Waals surface area contributed by atoms with Gasteiger partial charge in [-0.1, -0.05) is 6.07 Å². The zero-order valence-electron chi connectivity index (χ0n) is 11.0. The lowest BCUT2D eigenvalue weighted by Crippen LogP contribution is -2.15. The van der Waals surface area contributed by atoms with Crippen molar-refractivity contribution in [2.45, 2.75) is 25.3 Å². The lowest BCUT2D eigenvalue weighted by Gasteiger charge is -2.11. The molecule has 0 atom stereocenters. The van der Waals surface area contributed by atoms with E-state index in [1.54, 1.807) is 18.4 Å². The first-order valence-electron chi connectivity index (χ1n) is 5.82. The van der Waals surface area contributed by atoms with Gasteiger partial charge in [0.25, 0.3) is 10.0 Å². The zero-order chi connectivity index (χ0) is 14.9. The summed E-state index contributed by atoms with van der Waals surface area (Å²) in [5.41, 5.74) is 2.14. The first-order chi connectivity index (χ1) is 9.35. The first kappa shape index (κ1) is 15.5. The molecule has 0 radical (unpaired) electrons. The quantitative estimate of drug-likeness (QED) is 0.859. The number of thiophene rings is 1. The minimum Gasteiger partial charge on any atom is -0.391 e. The summed E-state index contributed by atoms with van der Waals surface area (Å²) in [7, 11) is -3.71. The van der Waals surface area contributed by atoms with Gasteiger partial charge in [-0.05, 0) is 58.4 Å². The molecule has 0 fully saturated rings. The second kappa shape index (κ2) is 5.85. The summed E-state index contributed by atoms with van der Waals surface area (Å²) in [6.45, 7) is 3.36. The molecule has 0 spiro atoms. The molecular weight excluding hydrogens is 362 g/mol. The van der Waals surface area contributed by atoms with Crippen LogP contribution in [0.1, 0.15) is 16.0 Å². The predicted molar refractivity (Wildman–Crippen MR) is 84.7 cm³/mol. The molecule has 4 nitrogen and oxygen atoms in total. The molecular formula is C13H14BrNO3S2. The molecule has 1 aromatic heterocycles. The average Bonchev–Trinajstić information content (AvgIpc) is 2.75. The molecule has 2 aromatic rings. The number of hydrogen-bond acceptors (Lipinski definition) is 4. The maximum Gasteiger partial charge on any atom is 0.263 e. The van der Waals surface area contributed by atoms with Crippen LogP contribution >= 0.6 is 27.3 Å². The van der Waals surface area contributed by atoms with Crippen molar-refractivity contribution in [1.82, 2.24) is 0 Å². The van der Waals surface area contributed by atoms with Crippen molar-refractivity contribution in [3.8, 4) is 0 Å². The number of anilines is 1. The minimum atomic E-state index is -3.71. The molecule has 2 N–H and O–H groups in total. The summed E-state index contributed by atoms with van der Waals surface area (Å²) >= 11 is 4.58. The Morgan fingerprint density at radius 3 is 2.65 bits per heavy atom. The van der Waals surface area contributed by atoms with Crippen molar-refractivity contribution < 1.29 is 13.5 Å². The van der Waals surface area contributed by atoms with Gasteiger partial charge in [0, 0.05) is 4.47 Å². The van der Waals surface area contributed by atoms with Crippen LogP contribution in [0.4, 0.5) is 5.69 Å². The van der Waals surface area contributed by atoms with Gasteiger partial charge < -0.3 is 5.11 Å². The molecule has 1 heterocycles. The molecule has 20 heavy (non-hydrogen) atoms. The van der Waals surface area contributed by atoms with Crippen LogP contribution in [0.2, 0.25) is 0 Å². The molecule has 0 aliphatic carbocycles. The molecule has 0 unspecified atom stereocenters. The smallest absolute Gasteiger partial charge is 0.263 e. The molecule has 7 heteroatoms. The van der Waals surface area contributed by atoms with Crippen molar-refractivity contribution in [3.05, 3.63) is 44.1 Å². The van der Waals surface area contributed by atoms with E-state index in [-0.39, 0.29) is 11.5 Å². The van der Waals surface area contributed by atoms with Crippen LogP contribution in [0.25, 0.3) is 0 Å². The number of halogens is 1. The van der Waals surface area contributed by atoms with E-state index in [9.17, 15) is 13.5 Å². The van der Waals surface area contributed by atoms with E-state index in [1.165, 1.54) is 11.3 Å². The molecule has 0 amide bonds. The molecule has 0 aliphatic heterocycles. The highest BCUT2D eigenvalue weighted by Gasteiger charge is 2.23. The third-order valence-electron chi connectivity index (χ3n) is 2.77. The molecule has 0 bridgehead atoms. The highest BCUT2D eigenvalue weighted by molar-refractivity contribution is 9.10. The Balaban J connectivity index is 2.43. The molecule has 0 saturated heterocycles. The maximum absolute atomic E-state index is 12.5. The van der Waals surface area contributed by atoms with Gasteiger partial charge in [0.15, 0.2) is 0 Å². The van der Waals surface area contributed by atoms with Crippen LogP contribution in [-0.2, 0) is 16.6 Å². The summed E-state index contributed by atoms with van der Waals surface area (Å²) < 4.78 is 28.2. The van der Waals surface area contributed by atoms with Crippen molar-refractivity contribution >= 4 is 43.0 Å². The fraction of sp³-hybridized carbons (Fsp3) is 0.231. The van der Waals surface area contributed by atoms with Crippen LogP contribution in [0.5, 0.6) is 0 Å². The number of sulfonamides is 1. The third-order valence-corrected chi connectivity index (χ3v) is 6.24. The molecule has 2 rings (SSSR count). The number of benzene rings is 1. The number of rotatable bonds is 4. The van der Waals surface area contributed by atoms with Crippen molar-refractivity contribution in [2.24, 2.45) is 0 Å². The highest BCUT2D eigenvalue weighted by Crippen LogP contribution is 2.31. The SMILES string of the molecule is Cc1ccc(NS(=O)(=O)c2c(C)csc2CO)c(Br)c1. The molecule has 0 saturated carbocycles. The predicted octanol–water partition coefficient (Wildman–Crippen LogP) is 3.42. The second-order valence-corrected chi connectivity index (χ2v) is 7.86. The van der Waals surface area contributed by atoms with E-state index in [4.69, 9.17) is 0 Å². The number of aliphatic hydroxyl groups excluding tert-OH is 1. The molecule has 1 aromatic carbocycles. The highest BCUT2D eigenvalue weighted by atomic mass is 79.9. The van der Waals surface area contributed by atoms with Crippen LogP contribution in [0, 0.1) is 13.8 Å². The number of hydrogen-bond donors (Lipinski definition) is 2. The number of aliphatic hydroxyl groups is 1. The minimum absolute atomic E-state index is 0.164. The summed E-state index contributed by atoms with van der Waals surface area (Å²) in [6.07, 6.45) is 0. The number of aryl methyl sites for hydroxylation is 2. The Hall–Kier alpha value is -0.890. The van der Waals surface area contributed by atoms with Crippen molar-refractivity contribution in [1.29, 1.82) is 0 Å². The first-order valence-corrected chi connectivity index (χ1v) is 8.97. The van der Waals surface area contributed by atoms with E-state index >= 15 is 0 Å². The lowest BCUT2D eigenvalue weighted by molar-refractivity contribution is 0.282. The summed E-state index contributed by atoms with van der Waals surface area (Å²) in [5, 5.41) is 11.0. The zero-order valence-corrected chi connectivity index (χ0v) is 14.2. The van der Waals surface area contributed by atoms with Gasteiger partial charge in [-0.3, -0.25) is 4.72 Å². The second-order valence-electron chi connectivity index (χ2n) is 4.42. The molecule has 0 aliphatic rings. The van der Waals surface area contributed by atoms with Gasteiger partial charge in [0.2, 0.25) is 0 Å². The summed E-state index contributed by atoms with van der Waals surface area (Å²) in [5.74, 6) is 0. The average molecular weight is 376 g/mol. The van der Waals surface area contributed by atoms with E-state index in [0.717, 1.165) is 5.56 Å². The fourth-order valence-corrected chi connectivity index (χ4v) is 5.32. The topological polar surface area (TPSA) is 66.4 Å². The van der Waals surface area contributed by atoms with E-state index in [1.807, 2.05) is 19.1 Å². The standard InChI is InChI=1S/C13H14BrNO3S2/c1-8-3-4-11(10(14)5-8)15-20(17,18)13-9(2)7-19-12(13)6-16/h3-5,7,15-16H,6H2,1-2H3. The molecule has 108 valence electrons. The Morgan fingerprint density at radius 2 is 2.05 bits per heavy atom. The largest absolute Gasteiger partial charge is 0.391 e. The number of nitrogens with one attached hydrogen (secondary N) is 1. The summed E-state index contributed by atoms with van der Waals surface area (Å²) in [4.78, 5) is 0.607. The Morgan fingerprint density at radius 1 is 1.35 bits per heavy atom. The van der Waals surface area contributed by atoms with Gasteiger partial charge in [-0.15, -0.1) is 11.3 Å². The monoisotopic (exact) mass is 375 g/mol. The van der Waals surface area contributed by atoms with E-state index in [2.05, 4.69) is 20.7 Å². The Bertz CT molecular complexity index is 738. The van der Waals surface area contributed by atoms with Crippen LogP contribution in [0.15, 0.2) is 32.9 Å². The van der Waals surface area contributed by atoms with Gasteiger partial charge >= 0.3 is 0 Å². The normalized spacial score (nSPS) is 11.6. The van der Waals surface area contributed by atoms with Crippen LogP contribution in [-0.4, -0.2) is 13.5 Å². The maximum atomic E-state index is 12.5. The summed E-state index contributed by atoms with van der Waals surface area (Å²) in [6, 6.07) is 5.37. The Kier molecular flexibility index (Phi) is 4.53. The van der Waals surface area contributed by atoms with Crippen molar-refractivity contribution in [2.75, 3.05) is 4.72 Å². The Labute approximate surface area is 130 Å². The van der Waals surface area contributed by atoms with Gasteiger partial charge in [-0.2, -0.15) is 0 Å². The third kappa shape index (κ3) is 3.06.